The number of ether oxygens (including phenoxy) is 1. The van der Waals surface area contributed by atoms with Gasteiger partial charge in [-0.2, -0.15) is 0 Å². The minimum absolute atomic E-state index is 0.0501. The van der Waals surface area contributed by atoms with Crippen LogP contribution in [0.3, 0.4) is 0 Å². The third-order valence-electron chi connectivity index (χ3n) is 6.14. The highest BCUT2D eigenvalue weighted by atomic mass is 16.5. The van der Waals surface area contributed by atoms with Crippen LogP contribution in [0.15, 0.2) is 46.9 Å². The van der Waals surface area contributed by atoms with E-state index in [1.807, 2.05) is 24.3 Å². The molecule has 1 aromatic carbocycles. The summed E-state index contributed by atoms with van der Waals surface area (Å²) in [6.45, 7) is 2.66. The second kappa shape index (κ2) is 10.2. The monoisotopic (exact) mass is 412 g/mol. The molecule has 4 rings (SSSR count). The topological polar surface area (TPSA) is 66.2 Å². The van der Waals surface area contributed by atoms with Gasteiger partial charge < -0.3 is 19.2 Å². The maximum absolute atomic E-state index is 13.2. The summed E-state index contributed by atoms with van der Waals surface area (Å²) in [5.41, 5.74) is 1.14. The summed E-state index contributed by atoms with van der Waals surface area (Å²) in [5, 5.41) is 9.25. The first-order valence-electron chi connectivity index (χ1n) is 11.1. The molecule has 1 atom stereocenters. The van der Waals surface area contributed by atoms with Crippen molar-refractivity contribution >= 4 is 5.91 Å². The lowest BCUT2D eigenvalue weighted by Gasteiger charge is -2.35. The van der Waals surface area contributed by atoms with Gasteiger partial charge in [-0.25, -0.2) is 0 Å². The highest BCUT2D eigenvalue weighted by Gasteiger charge is 2.33. The van der Waals surface area contributed by atoms with E-state index in [1.54, 1.807) is 6.07 Å². The molecule has 2 aromatic rings. The van der Waals surface area contributed by atoms with Crippen molar-refractivity contribution in [3.63, 3.8) is 0 Å². The molecule has 1 aliphatic heterocycles. The van der Waals surface area contributed by atoms with E-state index in [2.05, 4.69) is 21.9 Å². The van der Waals surface area contributed by atoms with E-state index in [4.69, 9.17) is 9.15 Å². The molecule has 2 fully saturated rings. The zero-order chi connectivity index (χ0) is 20.8. The number of hydrogen-bond acceptors (Lipinski definition) is 5. The molecule has 6 nitrogen and oxygen atoms in total. The molecule has 6 heteroatoms. The second-order valence-corrected chi connectivity index (χ2v) is 8.45. The maximum Gasteiger partial charge on any atom is 0.237 e. The minimum atomic E-state index is -0.114. The van der Waals surface area contributed by atoms with Crippen molar-refractivity contribution in [3.8, 4) is 0 Å². The van der Waals surface area contributed by atoms with E-state index in [0.29, 0.717) is 44.6 Å². The van der Waals surface area contributed by atoms with Gasteiger partial charge in [0.2, 0.25) is 5.91 Å². The first kappa shape index (κ1) is 21.1. The average Bonchev–Trinajstić information content (AvgIpc) is 3.17. The van der Waals surface area contributed by atoms with Crippen LogP contribution in [0.5, 0.6) is 0 Å². The van der Waals surface area contributed by atoms with E-state index >= 15 is 0 Å². The number of amides is 1. The third-order valence-corrected chi connectivity index (χ3v) is 6.14. The third kappa shape index (κ3) is 5.50. The first-order valence-corrected chi connectivity index (χ1v) is 11.1. The van der Waals surface area contributed by atoms with Gasteiger partial charge in [0.1, 0.15) is 18.1 Å². The molecule has 1 saturated heterocycles. The van der Waals surface area contributed by atoms with E-state index < -0.39 is 0 Å². The number of hydrogen-bond donors (Lipinski definition) is 1. The molecule has 0 bridgehead atoms. The van der Waals surface area contributed by atoms with Crippen molar-refractivity contribution in [2.75, 3.05) is 19.6 Å². The molecular formula is C24H32N2O4. The molecule has 1 unspecified atom stereocenters. The minimum Gasteiger partial charge on any atom is -0.462 e. The molecule has 1 saturated carbocycles. The molecule has 2 aliphatic rings. The van der Waals surface area contributed by atoms with Crippen LogP contribution in [0.25, 0.3) is 0 Å². The van der Waals surface area contributed by atoms with E-state index in [-0.39, 0.29) is 18.6 Å². The Morgan fingerprint density at radius 3 is 2.50 bits per heavy atom. The van der Waals surface area contributed by atoms with E-state index in [0.717, 1.165) is 24.2 Å². The quantitative estimate of drug-likeness (QED) is 0.756. The van der Waals surface area contributed by atoms with Crippen molar-refractivity contribution in [3.05, 3.63) is 59.5 Å². The number of carbonyl (C=O) groups excluding carboxylic acids is 1. The zero-order valence-corrected chi connectivity index (χ0v) is 17.5. The number of furan rings is 1. The SMILES string of the molecule is O=C1CN(Cc2ccc(CO)o2)CC(OCc2ccccc2)CN1C1CCCCC1. The molecule has 30 heavy (non-hydrogen) atoms. The smallest absolute Gasteiger partial charge is 0.237 e. The molecule has 1 aliphatic carbocycles. The number of aliphatic hydroxyl groups is 1. The number of rotatable bonds is 7. The summed E-state index contributed by atoms with van der Waals surface area (Å²) < 4.78 is 12.0. The molecule has 2 heterocycles. The lowest BCUT2D eigenvalue weighted by atomic mass is 9.94. The normalized spacial score (nSPS) is 21.7. The summed E-state index contributed by atoms with van der Waals surface area (Å²) in [6, 6.07) is 14.2. The van der Waals surface area contributed by atoms with Gasteiger partial charge in [-0.05, 0) is 30.5 Å². The zero-order valence-electron chi connectivity index (χ0n) is 17.5. The Kier molecular flexibility index (Phi) is 7.20. The Balaban J connectivity index is 1.46. The largest absolute Gasteiger partial charge is 0.462 e. The second-order valence-electron chi connectivity index (χ2n) is 8.45. The molecule has 0 spiro atoms. The summed E-state index contributed by atoms with van der Waals surface area (Å²) >= 11 is 0. The fourth-order valence-electron chi connectivity index (χ4n) is 4.59. The van der Waals surface area contributed by atoms with E-state index in [1.165, 1.54) is 19.3 Å². The number of aliphatic hydroxyl groups excluding tert-OH is 1. The van der Waals surface area contributed by atoms with Crippen LogP contribution in [0, 0.1) is 0 Å². The van der Waals surface area contributed by atoms with Crippen LogP contribution in [0.1, 0.15) is 49.2 Å². The summed E-state index contributed by atoms with van der Waals surface area (Å²) in [7, 11) is 0. The van der Waals surface area contributed by atoms with Crippen molar-refractivity contribution < 1.29 is 19.1 Å². The van der Waals surface area contributed by atoms with Crippen molar-refractivity contribution in [1.29, 1.82) is 0 Å². The van der Waals surface area contributed by atoms with Crippen LogP contribution in [0.2, 0.25) is 0 Å². The van der Waals surface area contributed by atoms with Gasteiger partial charge in [0.05, 0.1) is 25.8 Å². The maximum atomic E-state index is 13.2. The van der Waals surface area contributed by atoms with Crippen molar-refractivity contribution in [2.24, 2.45) is 0 Å². The standard InChI is InChI=1S/C24H32N2O4/c27-17-22-12-11-21(30-22)13-25-14-23(29-18-19-7-3-1-4-8-19)15-26(24(28)16-25)20-9-5-2-6-10-20/h1,3-4,7-8,11-12,20,23,27H,2,5-6,9-10,13-18H2. The molecule has 1 N–H and O–H groups in total. The van der Waals surface area contributed by atoms with Crippen LogP contribution < -0.4 is 0 Å². The van der Waals surface area contributed by atoms with Crippen LogP contribution >= 0.6 is 0 Å². The number of benzene rings is 1. The lowest BCUT2D eigenvalue weighted by Crippen LogP contribution is -2.45. The summed E-state index contributed by atoms with van der Waals surface area (Å²) in [6.07, 6.45) is 5.80. The Hall–Kier alpha value is -2.15. The fourth-order valence-corrected chi connectivity index (χ4v) is 4.59. The molecule has 162 valence electrons. The summed E-state index contributed by atoms with van der Waals surface area (Å²) in [5.74, 6) is 1.49. The van der Waals surface area contributed by atoms with Crippen molar-refractivity contribution in [2.45, 2.75) is 64.0 Å². The molecule has 1 aromatic heterocycles. The van der Waals surface area contributed by atoms with E-state index in [9.17, 15) is 9.90 Å². The highest BCUT2D eigenvalue weighted by molar-refractivity contribution is 5.79. The van der Waals surface area contributed by atoms with Crippen LogP contribution in [-0.4, -0.2) is 52.6 Å². The van der Waals surface area contributed by atoms with Crippen molar-refractivity contribution in [1.82, 2.24) is 9.80 Å². The first-order chi connectivity index (χ1) is 14.7. The Morgan fingerprint density at radius 1 is 1.00 bits per heavy atom. The van der Waals surface area contributed by atoms with Crippen LogP contribution in [0.4, 0.5) is 0 Å². The molecule has 0 radical (unpaired) electrons. The number of carbonyl (C=O) groups is 1. The van der Waals surface area contributed by atoms with Gasteiger partial charge in [-0.15, -0.1) is 0 Å². The van der Waals surface area contributed by atoms with Crippen LogP contribution in [-0.2, 0) is 29.3 Å². The number of nitrogens with zero attached hydrogens (tertiary/aromatic N) is 2. The Bertz CT molecular complexity index is 801. The molecular weight excluding hydrogens is 380 g/mol. The fraction of sp³-hybridized carbons (Fsp3) is 0.542. The predicted molar refractivity (Wildman–Crippen MR) is 114 cm³/mol. The predicted octanol–water partition coefficient (Wildman–Crippen LogP) is 3.33. The highest BCUT2D eigenvalue weighted by Crippen LogP contribution is 2.25. The Morgan fingerprint density at radius 2 is 1.77 bits per heavy atom. The van der Waals surface area contributed by atoms with Gasteiger partial charge >= 0.3 is 0 Å². The van der Waals surface area contributed by atoms with Gasteiger partial charge in [-0.1, -0.05) is 49.6 Å². The lowest BCUT2D eigenvalue weighted by molar-refractivity contribution is -0.135. The summed E-state index contributed by atoms with van der Waals surface area (Å²) in [4.78, 5) is 17.3. The average molecular weight is 413 g/mol. The van der Waals surface area contributed by atoms with Gasteiger partial charge in [0.15, 0.2) is 0 Å². The van der Waals surface area contributed by atoms with Gasteiger partial charge in [0.25, 0.3) is 0 Å². The van der Waals surface area contributed by atoms with Gasteiger partial charge in [-0.3, -0.25) is 9.69 Å². The van der Waals surface area contributed by atoms with Gasteiger partial charge in [0, 0.05) is 19.1 Å². The Labute approximate surface area is 178 Å². The molecule has 1 amide bonds.